The number of carbonyl (C=O) groups is 2. The van der Waals surface area contributed by atoms with Crippen molar-refractivity contribution in [2.75, 3.05) is 19.7 Å². The molecule has 1 fully saturated rings. The van der Waals surface area contributed by atoms with Crippen LogP contribution in [0, 0.1) is 5.41 Å². The van der Waals surface area contributed by atoms with Gasteiger partial charge in [-0.15, -0.1) is 0 Å². The van der Waals surface area contributed by atoms with Crippen molar-refractivity contribution < 1.29 is 14.3 Å². The SMILES string of the molecule is CCOC(=O)N1CCC(NC(=O)[C@H](N)C(C)(C)C)CC1. The molecular weight excluding hydrogens is 258 g/mol. The highest BCUT2D eigenvalue weighted by atomic mass is 16.6. The first-order valence-electron chi connectivity index (χ1n) is 7.23. The monoisotopic (exact) mass is 285 g/mol. The average Bonchev–Trinajstić information content (AvgIpc) is 2.37. The van der Waals surface area contributed by atoms with Crippen molar-refractivity contribution in [1.82, 2.24) is 10.2 Å². The lowest BCUT2D eigenvalue weighted by atomic mass is 9.86. The van der Waals surface area contributed by atoms with E-state index in [1.807, 2.05) is 20.8 Å². The molecule has 1 saturated heterocycles. The van der Waals surface area contributed by atoms with Crippen LogP contribution in [0.2, 0.25) is 0 Å². The van der Waals surface area contributed by atoms with Gasteiger partial charge in [0.15, 0.2) is 0 Å². The van der Waals surface area contributed by atoms with Gasteiger partial charge in [-0.1, -0.05) is 20.8 Å². The Kier molecular flexibility index (Phi) is 5.80. The number of amides is 2. The second-order valence-corrected chi connectivity index (χ2v) is 6.31. The number of nitrogens with two attached hydrogens (primary N) is 1. The van der Waals surface area contributed by atoms with E-state index in [0.29, 0.717) is 19.7 Å². The first kappa shape index (κ1) is 16.8. The van der Waals surface area contributed by atoms with Crippen LogP contribution in [-0.2, 0) is 9.53 Å². The molecule has 1 atom stereocenters. The van der Waals surface area contributed by atoms with Gasteiger partial charge in [0.2, 0.25) is 5.91 Å². The van der Waals surface area contributed by atoms with Gasteiger partial charge in [-0.2, -0.15) is 0 Å². The van der Waals surface area contributed by atoms with Crippen LogP contribution < -0.4 is 11.1 Å². The van der Waals surface area contributed by atoms with Crippen molar-refractivity contribution >= 4 is 12.0 Å². The summed E-state index contributed by atoms with van der Waals surface area (Å²) in [4.78, 5) is 25.3. The largest absolute Gasteiger partial charge is 0.450 e. The number of piperidine rings is 1. The quantitative estimate of drug-likeness (QED) is 0.813. The van der Waals surface area contributed by atoms with Crippen LogP contribution >= 0.6 is 0 Å². The third kappa shape index (κ3) is 4.67. The molecule has 2 amide bonds. The van der Waals surface area contributed by atoms with Crippen molar-refractivity contribution in [3.63, 3.8) is 0 Å². The summed E-state index contributed by atoms with van der Waals surface area (Å²) in [5.41, 5.74) is 5.68. The van der Waals surface area contributed by atoms with Crippen LogP contribution in [0.25, 0.3) is 0 Å². The molecule has 0 aliphatic carbocycles. The zero-order valence-corrected chi connectivity index (χ0v) is 12.9. The fraction of sp³-hybridized carbons (Fsp3) is 0.857. The lowest BCUT2D eigenvalue weighted by Crippen LogP contribution is -2.54. The molecule has 116 valence electrons. The summed E-state index contributed by atoms with van der Waals surface area (Å²) in [5.74, 6) is -0.118. The molecule has 1 aliphatic heterocycles. The normalized spacial score (nSPS) is 18.6. The minimum absolute atomic E-state index is 0.0848. The van der Waals surface area contributed by atoms with E-state index in [2.05, 4.69) is 5.32 Å². The van der Waals surface area contributed by atoms with E-state index in [0.717, 1.165) is 12.8 Å². The molecule has 1 rings (SSSR count). The third-order valence-electron chi connectivity index (χ3n) is 3.58. The van der Waals surface area contributed by atoms with Crippen LogP contribution in [0.5, 0.6) is 0 Å². The number of nitrogens with one attached hydrogen (secondary N) is 1. The lowest BCUT2D eigenvalue weighted by Gasteiger charge is -2.33. The van der Waals surface area contributed by atoms with Crippen molar-refractivity contribution in [3.8, 4) is 0 Å². The zero-order valence-electron chi connectivity index (χ0n) is 12.9. The highest BCUT2D eigenvalue weighted by Gasteiger charge is 2.30. The molecule has 6 nitrogen and oxygen atoms in total. The van der Waals surface area contributed by atoms with Crippen LogP contribution in [0.4, 0.5) is 4.79 Å². The molecule has 1 aliphatic rings. The maximum Gasteiger partial charge on any atom is 0.409 e. The third-order valence-corrected chi connectivity index (χ3v) is 3.58. The van der Waals surface area contributed by atoms with Crippen LogP contribution in [-0.4, -0.2) is 48.7 Å². The Bertz CT molecular complexity index is 344. The average molecular weight is 285 g/mol. The topological polar surface area (TPSA) is 84.7 Å². The molecule has 6 heteroatoms. The Balaban J connectivity index is 2.39. The number of rotatable bonds is 3. The standard InChI is InChI=1S/C14H27N3O3/c1-5-20-13(19)17-8-6-10(7-9-17)16-12(18)11(15)14(2,3)4/h10-11H,5-9,15H2,1-4H3,(H,16,18)/t11-/m0/s1. The molecule has 0 radical (unpaired) electrons. The Hall–Kier alpha value is -1.30. The molecule has 1 heterocycles. The molecule has 0 unspecified atom stereocenters. The molecular formula is C14H27N3O3. The molecule has 0 bridgehead atoms. The second-order valence-electron chi connectivity index (χ2n) is 6.31. The summed E-state index contributed by atoms with van der Waals surface area (Å²) in [6.07, 6.45) is 1.20. The molecule has 0 aromatic rings. The molecule has 0 aromatic carbocycles. The van der Waals surface area contributed by atoms with E-state index in [4.69, 9.17) is 10.5 Å². The number of hydrogen-bond donors (Lipinski definition) is 2. The number of hydrogen-bond acceptors (Lipinski definition) is 4. The Morgan fingerprint density at radius 2 is 1.90 bits per heavy atom. The summed E-state index contributed by atoms with van der Waals surface area (Å²) in [7, 11) is 0. The van der Waals surface area contributed by atoms with Gasteiger partial charge in [0, 0.05) is 19.1 Å². The van der Waals surface area contributed by atoms with Crippen LogP contribution in [0.1, 0.15) is 40.5 Å². The van der Waals surface area contributed by atoms with Crippen molar-refractivity contribution in [1.29, 1.82) is 0 Å². The zero-order chi connectivity index (χ0) is 15.3. The summed E-state index contributed by atoms with van der Waals surface area (Å²) in [5, 5.41) is 2.97. The summed E-state index contributed by atoms with van der Waals surface area (Å²) < 4.78 is 4.96. The van der Waals surface area contributed by atoms with E-state index in [1.54, 1.807) is 11.8 Å². The van der Waals surface area contributed by atoms with Crippen molar-refractivity contribution in [2.45, 2.75) is 52.6 Å². The number of carbonyl (C=O) groups excluding carboxylic acids is 2. The van der Waals surface area contributed by atoms with Gasteiger partial charge in [0.1, 0.15) is 0 Å². The number of nitrogens with zero attached hydrogens (tertiary/aromatic N) is 1. The van der Waals surface area contributed by atoms with Gasteiger partial charge in [0.25, 0.3) is 0 Å². The minimum atomic E-state index is -0.523. The fourth-order valence-electron chi connectivity index (χ4n) is 2.11. The molecule has 0 spiro atoms. The van der Waals surface area contributed by atoms with Gasteiger partial charge in [0.05, 0.1) is 12.6 Å². The predicted octanol–water partition coefficient (Wildman–Crippen LogP) is 1.10. The lowest BCUT2D eigenvalue weighted by molar-refractivity contribution is -0.125. The minimum Gasteiger partial charge on any atom is -0.450 e. The van der Waals surface area contributed by atoms with Gasteiger partial charge in [-0.3, -0.25) is 4.79 Å². The first-order valence-corrected chi connectivity index (χ1v) is 7.23. The Labute approximate surface area is 121 Å². The summed E-state index contributed by atoms with van der Waals surface area (Å²) >= 11 is 0. The highest BCUT2D eigenvalue weighted by Crippen LogP contribution is 2.18. The van der Waals surface area contributed by atoms with Crippen LogP contribution in [0.3, 0.4) is 0 Å². The van der Waals surface area contributed by atoms with Gasteiger partial charge < -0.3 is 20.7 Å². The fourth-order valence-corrected chi connectivity index (χ4v) is 2.11. The van der Waals surface area contributed by atoms with Crippen molar-refractivity contribution in [3.05, 3.63) is 0 Å². The Morgan fingerprint density at radius 3 is 2.35 bits per heavy atom. The van der Waals surface area contributed by atoms with E-state index in [1.165, 1.54) is 0 Å². The maximum atomic E-state index is 12.0. The predicted molar refractivity (Wildman–Crippen MR) is 77.2 cm³/mol. The van der Waals surface area contributed by atoms with E-state index in [9.17, 15) is 9.59 Å². The molecule has 0 aromatic heterocycles. The summed E-state index contributed by atoms with van der Waals surface area (Å²) in [6.45, 7) is 9.22. The Morgan fingerprint density at radius 1 is 1.35 bits per heavy atom. The number of ether oxygens (including phenoxy) is 1. The summed E-state index contributed by atoms with van der Waals surface area (Å²) in [6, 6.07) is -0.438. The molecule has 3 N–H and O–H groups in total. The van der Waals surface area contributed by atoms with Crippen molar-refractivity contribution in [2.24, 2.45) is 11.1 Å². The van der Waals surface area contributed by atoms with E-state index < -0.39 is 6.04 Å². The van der Waals surface area contributed by atoms with E-state index in [-0.39, 0.29) is 23.5 Å². The van der Waals surface area contributed by atoms with Gasteiger partial charge in [-0.25, -0.2) is 4.79 Å². The smallest absolute Gasteiger partial charge is 0.409 e. The molecule has 20 heavy (non-hydrogen) atoms. The number of likely N-dealkylation sites (tertiary alicyclic amines) is 1. The van der Waals surface area contributed by atoms with Gasteiger partial charge >= 0.3 is 6.09 Å². The van der Waals surface area contributed by atoms with E-state index >= 15 is 0 Å². The second kappa shape index (κ2) is 6.92. The first-order chi connectivity index (χ1) is 9.25. The van der Waals surface area contributed by atoms with Gasteiger partial charge in [-0.05, 0) is 25.2 Å². The highest BCUT2D eigenvalue weighted by molar-refractivity contribution is 5.82. The molecule has 0 saturated carbocycles. The van der Waals surface area contributed by atoms with Crippen LogP contribution in [0.15, 0.2) is 0 Å². The maximum absolute atomic E-state index is 12.0.